The summed E-state index contributed by atoms with van der Waals surface area (Å²) in [5.41, 5.74) is 3.67. The van der Waals surface area contributed by atoms with Crippen molar-refractivity contribution in [2.24, 2.45) is 0 Å². The predicted octanol–water partition coefficient (Wildman–Crippen LogP) is 4.66. The molecule has 1 unspecified atom stereocenters. The number of thioether (sulfide) groups is 1. The number of carbonyl (C=O) groups is 1. The smallest absolute Gasteiger partial charge is 0.221 e. The first kappa shape index (κ1) is 16.6. The Bertz CT molecular complexity index is 625. The summed E-state index contributed by atoms with van der Waals surface area (Å²) in [7, 11) is 0. The fraction of sp³-hybridized carbons (Fsp3) is 0.316. The molecule has 0 bridgehead atoms. The molecule has 22 heavy (non-hydrogen) atoms. The Morgan fingerprint density at radius 2 is 1.86 bits per heavy atom. The average molecular weight is 313 g/mol. The zero-order valence-corrected chi connectivity index (χ0v) is 14.2. The lowest BCUT2D eigenvalue weighted by Crippen LogP contribution is -2.27. The summed E-state index contributed by atoms with van der Waals surface area (Å²) in [6.45, 7) is 6.22. The van der Waals surface area contributed by atoms with E-state index >= 15 is 0 Å². The van der Waals surface area contributed by atoms with Crippen LogP contribution in [0.15, 0.2) is 53.4 Å². The maximum atomic E-state index is 12.1. The zero-order chi connectivity index (χ0) is 15.9. The molecule has 1 N–H and O–H groups in total. The summed E-state index contributed by atoms with van der Waals surface area (Å²) in [4.78, 5) is 13.3. The van der Waals surface area contributed by atoms with Crippen molar-refractivity contribution in [2.75, 3.05) is 5.75 Å². The maximum absolute atomic E-state index is 12.1. The van der Waals surface area contributed by atoms with Gasteiger partial charge in [0.25, 0.3) is 0 Å². The van der Waals surface area contributed by atoms with Crippen molar-refractivity contribution in [2.45, 2.75) is 38.1 Å². The first-order chi connectivity index (χ1) is 10.6. The number of hydrogen-bond acceptors (Lipinski definition) is 2. The molecule has 0 aromatic heterocycles. The van der Waals surface area contributed by atoms with Gasteiger partial charge in [-0.05, 0) is 44.0 Å². The van der Waals surface area contributed by atoms with E-state index in [9.17, 15) is 4.79 Å². The van der Waals surface area contributed by atoms with Crippen molar-refractivity contribution in [3.05, 3.63) is 65.2 Å². The summed E-state index contributed by atoms with van der Waals surface area (Å²) in [6.07, 6.45) is 0.537. The highest BCUT2D eigenvalue weighted by Crippen LogP contribution is 2.20. The zero-order valence-electron chi connectivity index (χ0n) is 13.4. The van der Waals surface area contributed by atoms with Crippen molar-refractivity contribution < 1.29 is 4.79 Å². The van der Waals surface area contributed by atoms with E-state index in [0.29, 0.717) is 6.42 Å². The minimum Gasteiger partial charge on any atom is -0.350 e. The minimum atomic E-state index is 0.0508. The SMILES string of the molecule is Cc1ccc(C(C)NC(=O)CCSc2ccccc2)c(C)c1. The highest BCUT2D eigenvalue weighted by molar-refractivity contribution is 7.99. The van der Waals surface area contributed by atoms with Crippen molar-refractivity contribution in [3.8, 4) is 0 Å². The minimum absolute atomic E-state index is 0.0508. The molecule has 3 heteroatoms. The van der Waals surface area contributed by atoms with Gasteiger partial charge in [-0.15, -0.1) is 11.8 Å². The molecule has 0 heterocycles. The second kappa shape index (κ2) is 8.04. The van der Waals surface area contributed by atoms with Crippen LogP contribution in [-0.4, -0.2) is 11.7 Å². The molecule has 2 aromatic rings. The molecular formula is C19H23NOS. The molecule has 0 saturated carbocycles. The van der Waals surface area contributed by atoms with Crippen molar-refractivity contribution in [1.82, 2.24) is 5.32 Å². The summed E-state index contributed by atoms with van der Waals surface area (Å²) in [5.74, 6) is 0.908. The van der Waals surface area contributed by atoms with Crippen LogP contribution < -0.4 is 5.32 Å². The molecule has 2 rings (SSSR count). The first-order valence-electron chi connectivity index (χ1n) is 7.60. The van der Waals surface area contributed by atoms with Gasteiger partial charge in [-0.1, -0.05) is 42.0 Å². The van der Waals surface area contributed by atoms with Crippen LogP contribution in [0.5, 0.6) is 0 Å². The summed E-state index contributed by atoms with van der Waals surface area (Å²) >= 11 is 1.72. The lowest BCUT2D eigenvalue weighted by atomic mass is 10.0. The van der Waals surface area contributed by atoms with E-state index in [1.807, 2.05) is 25.1 Å². The number of rotatable bonds is 6. The van der Waals surface area contributed by atoms with Crippen LogP contribution in [0, 0.1) is 13.8 Å². The van der Waals surface area contributed by atoms with Crippen molar-refractivity contribution in [1.29, 1.82) is 0 Å². The number of carbonyl (C=O) groups excluding carboxylic acids is 1. The molecule has 0 aliphatic carbocycles. The summed E-state index contributed by atoms with van der Waals surface area (Å²) in [5, 5.41) is 3.09. The van der Waals surface area contributed by atoms with Gasteiger partial charge in [0.05, 0.1) is 6.04 Å². The van der Waals surface area contributed by atoms with E-state index in [2.05, 4.69) is 49.5 Å². The fourth-order valence-electron chi connectivity index (χ4n) is 2.48. The van der Waals surface area contributed by atoms with Crippen LogP contribution in [-0.2, 0) is 4.79 Å². The standard InChI is InChI=1S/C19H23NOS/c1-14-9-10-18(15(2)13-14)16(3)20-19(21)11-12-22-17-7-5-4-6-8-17/h4-10,13,16H,11-12H2,1-3H3,(H,20,21). The van der Waals surface area contributed by atoms with E-state index in [4.69, 9.17) is 0 Å². The lowest BCUT2D eigenvalue weighted by Gasteiger charge is -2.17. The number of benzene rings is 2. The van der Waals surface area contributed by atoms with Crippen LogP contribution >= 0.6 is 11.8 Å². The third-order valence-corrected chi connectivity index (χ3v) is 4.62. The van der Waals surface area contributed by atoms with Crippen molar-refractivity contribution in [3.63, 3.8) is 0 Å². The number of aryl methyl sites for hydroxylation is 2. The molecule has 0 radical (unpaired) electrons. The van der Waals surface area contributed by atoms with Crippen LogP contribution in [0.4, 0.5) is 0 Å². The van der Waals surface area contributed by atoms with Gasteiger partial charge in [0.2, 0.25) is 5.91 Å². The molecule has 0 aliphatic rings. The first-order valence-corrected chi connectivity index (χ1v) is 8.59. The van der Waals surface area contributed by atoms with Crippen LogP contribution in [0.3, 0.4) is 0 Å². The Morgan fingerprint density at radius 3 is 2.55 bits per heavy atom. The third kappa shape index (κ3) is 4.92. The van der Waals surface area contributed by atoms with E-state index < -0.39 is 0 Å². The fourth-order valence-corrected chi connectivity index (χ4v) is 3.35. The van der Waals surface area contributed by atoms with E-state index in [0.717, 1.165) is 5.75 Å². The highest BCUT2D eigenvalue weighted by Gasteiger charge is 2.11. The van der Waals surface area contributed by atoms with E-state index in [1.54, 1.807) is 11.8 Å². The van der Waals surface area contributed by atoms with Gasteiger partial charge in [-0.25, -0.2) is 0 Å². The second-order valence-corrected chi connectivity index (χ2v) is 6.73. The lowest BCUT2D eigenvalue weighted by molar-refractivity contribution is -0.121. The number of amides is 1. The number of hydrogen-bond donors (Lipinski definition) is 1. The summed E-state index contributed by atoms with van der Waals surface area (Å²) in [6, 6.07) is 16.6. The molecule has 2 nitrogen and oxygen atoms in total. The molecule has 0 fully saturated rings. The van der Waals surface area contributed by atoms with Gasteiger partial charge >= 0.3 is 0 Å². The quantitative estimate of drug-likeness (QED) is 0.786. The Morgan fingerprint density at radius 1 is 1.14 bits per heavy atom. The Hall–Kier alpha value is -1.74. The largest absolute Gasteiger partial charge is 0.350 e. The Labute approximate surface area is 137 Å². The van der Waals surface area contributed by atoms with Gasteiger partial charge in [-0.2, -0.15) is 0 Å². The maximum Gasteiger partial charge on any atom is 0.221 e. The molecule has 0 aliphatic heterocycles. The van der Waals surface area contributed by atoms with Gasteiger partial charge in [-0.3, -0.25) is 4.79 Å². The average Bonchev–Trinajstić information content (AvgIpc) is 2.48. The monoisotopic (exact) mass is 313 g/mol. The van der Waals surface area contributed by atoms with Gasteiger partial charge < -0.3 is 5.32 Å². The molecular weight excluding hydrogens is 290 g/mol. The third-order valence-electron chi connectivity index (χ3n) is 3.61. The van der Waals surface area contributed by atoms with Crippen molar-refractivity contribution >= 4 is 17.7 Å². The Balaban J connectivity index is 1.81. The molecule has 0 saturated heterocycles. The number of nitrogens with one attached hydrogen (secondary N) is 1. The van der Waals surface area contributed by atoms with Crippen LogP contribution in [0.2, 0.25) is 0 Å². The molecule has 2 aromatic carbocycles. The summed E-state index contributed by atoms with van der Waals surface area (Å²) < 4.78 is 0. The van der Waals surface area contributed by atoms with E-state index in [1.165, 1.54) is 21.6 Å². The van der Waals surface area contributed by atoms with Gasteiger partial charge in [0.1, 0.15) is 0 Å². The van der Waals surface area contributed by atoms with E-state index in [-0.39, 0.29) is 11.9 Å². The normalized spacial score (nSPS) is 12.0. The Kier molecular flexibility index (Phi) is 6.08. The second-order valence-electron chi connectivity index (χ2n) is 5.56. The van der Waals surface area contributed by atoms with Gasteiger partial charge in [0, 0.05) is 17.1 Å². The molecule has 0 spiro atoms. The molecule has 1 amide bonds. The highest BCUT2D eigenvalue weighted by atomic mass is 32.2. The topological polar surface area (TPSA) is 29.1 Å². The molecule has 116 valence electrons. The van der Waals surface area contributed by atoms with Crippen LogP contribution in [0.25, 0.3) is 0 Å². The van der Waals surface area contributed by atoms with Gasteiger partial charge in [0.15, 0.2) is 0 Å². The molecule has 1 atom stereocenters. The predicted molar refractivity (Wildman–Crippen MR) is 94.3 cm³/mol. The van der Waals surface area contributed by atoms with Crippen LogP contribution in [0.1, 0.15) is 36.1 Å².